The normalized spacial score (nSPS) is 19.7. The fourth-order valence-corrected chi connectivity index (χ4v) is 5.72. The molecule has 2 heterocycles. The first-order valence-electron chi connectivity index (χ1n) is 8.59. The Morgan fingerprint density at radius 1 is 1.25 bits per heavy atom. The largest absolute Gasteiger partial charge is 0.384 e. The SMILES string of the molecule is N#CC1=C(N)N(c2cccc(Cl)c2Cl)C2=C(C(=O)CCC2)C1c1ccc(Br)s1. The van der Waals surface area contributed by atoms with Crippen molar-refractivity contribution in [2.75, 3.05) is 4.90 Å². The number of hydrogen-bond acceptors (Lipinski definition) is 5. The summed E-state index contributed by atoms with van der Waals surface area (Å²) in [4.78, 5) is 15.6. The maximum atomic E-state index is 13.0. The van der Waals surface area contributed by atoms with Crippen LogP contribution in [-0.2, 0) is 4.79 Å². The molecule has 1 aromatic heterocycles. The van der Waals surface area contributed by atoms with Crippen molar-refractivity contribution >= 4 is 61.9 Å². The minimum atomic E-state index is -0.460. The van der Waals surface area contributed by atoms with Gasteiger partial charge in [0.25, 0.3) is 0 Å². The van der Waals surface area contributed by atoms with Crippen molar-refractivity contribution < 1.29 is 4.79 Å². The third-order valence-electron chi connectivity index (χ3n) is 4.96. The molecule has 2 aliphatic rings. The van der Waals surface area contributed by atoms with Crippen LogP contribution in [0.3, 0.4) is 0 Å². The van der Waals surface area contributed by atoms with Crippen LogP contribution in [0.1, 0.15) is 30.1 Å². The second-order valence-corrected chi connectivity index (χ2v) is 9.81. The van der Waals surface area contributed by atoms with Gasteiger partial charge in [-0.1, -0.05) is 29.3 Å². The van der Waals surface area contributed by atoms with Gasteiger partial charge in [0.1, 0.15) is 5.82 Å². The number of halogens is 3. The molecule has 0 radical (unpaired) electrons. The van der Waals surface area contributed by atoms with Crippen LogP contribution in [0.2, 0.25) is 10.0 Å². The maximum absolute atomic E-state index is 13.0. The highest BCUT2D eigenvalue weighted by molar-refractivity contribution is 9.11. The lowest BCUT2D eigenvalue weighted by atomic mass is 9.78. The molecule has 0 bridgehead atoms. The Bertz CT molecular complexity index is 1100. The van der Waals surface area contributed by atoms with E-state index in [1.165, 1.54) is 11.3 Å². The smallest absolute Gasteiger partial charge is 0.161 e. The lowest BCUT2D eigenvalue weighted by Crippen LogP contribution is -2.38. The Labute approximate surface area is 185 Å². The second-order valence-electron chi connectivity index (χ2n) is 6.53. The van der Waals surface area contributed by atoms with E-state index < -0.39 is 5.92 Å². The monoisotopic (exact) mass is 493 g/mol. The standard InChI is InChI=1S/C20H14BrCl2N3OS/c21-16-8-7-15(28-16)17-10(9-24)20(25)26(12-4-2-6-14(27)18(12)17)13-5-1-3-11(22)19(13)23/h1,3,5,7-8,17H,2,4,6,25H2. The minimum absolute atomic E-state index is 0.0409. The third kappa shape index (κ3) is 3.07. The number of carbonyl (C=O) groups is 1. The van der Waals surface area contributed by atoms with Gasteiger partial charge in [-0.05, 0) is 53.0 Å². The molecule has 1 atom stereocenters. The summed E-state index contributed by atoms with van der Waals surface area (Å²) in [6.07, 6.45) is 1.85. The lowest BCUT2D eigenvalue weighted by Gasteiger charge is -2.39. The van der Waals surface area contributed by atoms with Gasteiger partial charge < -0.3 is 5.73 Å². The van der Waals surface area contributed by atoms with Crippen LogP contribution in [-0.4, -0.2) is 5.78 Å². The molecule has 0 saturated carbocycles. The molecule has 1 aliphatic carbocycles. The number of allylic oxidation sites excluding steroid dienone is 3. The van der Waals surface area contributed by atoms with Gasteiger partial charge in [0.2, 0.25) is 0 Å². The molecule has 8 heteroatoms. The molecule has 1 aromatic carbocycles. The van der Waals surface area contributed by atoms with Gasteiger partial charge in [-0.25, -0.2) is 0 Å². The van der Waals surface area contributed by atoms with Gasteiger partial charge in [-0.2, -0.15) is 5.26 Å². The lowest BCUT2D eigenvalue weighted by molar-refractivity contribution is -0.116. The van der Waals surface area contributed by atoms with Crippen molar-refractivity contribution in [2.24, 2.45) is 5.73 Å². The van der Waals surface area contributed by atoms with Crippen molar-refractivity contribution in [1.29, 1.82) is 5.26 Å². The quantitative estimate of drug-likeness (QED) is 0.545. The number of nitrogens with zero attached hydrogens (tertiary/aromatic N) is 2. The summed E-state index contributed by atoms with van der Waals surface area (Å²) >= 11 is 17.6. The molecule has 0 saturated heterocycles. The van der Waals surface area contributed by atoms with Crippen molar-refractivity contribution in [3.63, 3.8) is 0 Å². The Balaban J connectivity index is 2.00. The average molecular weight is 495 g/mol. The Hall–Kier alpha value is -1.78. The number of Topliss-reactive ketones (excluding diaryl/α,β-unsaturated/α-hetero) is 1. The second kappa shape index (κ2) is 7.57. The van der Waals surface area contributed by atoms with Crippen LogP contribution in [0.25, 0.3) is 0 Å². The molecule has 0 fully saturated rings. The van der Waals surface area contributed by atoms with Crippen LogP contribution in [0.15, 0.2) is 56.8 Å². The number of hydrogen-bond donors (Lipinski definition) is 1. The van der Waals surface area contributed by atoms with E-state index in [1.807, 2.05) is 12.1 Å². The van der Waals surface area contributed by atoms with E-state index in [9.17, 15) is 10.1 Å². The molecule has 142 valence electrons. The summed E-state index contributed by atoms with van der Waals surface area (Å²) < 4.78 is 0.934. The van der Waals surface area contributed by atoms with Crippen LogP contribution < -0.4 is 10.6 Å². The summed E-state index contributed by atoms with van der Waals surface area (Å²) in [6, 6.07) is 11.3. The van der Waals surface area contributed by atoms with E-state index >= 15 is 0 Å². The first-order valence-corrected chi connectivity index (χ1v) is 11.0. The molecule has 4 rings (SSSR count). The van der Waals surface area contributed by atoms with Crippen molar-refractivity contribution in [3.8, 4) is 6.07 Å². The molecule has 4 nitrogen and oxygen atoms in total. The van der Waals surface area contributed by atoms with Crippen molar-refractivity contribution in [1.82, 2.24) is 0 Å². The molecule has 1 unspecified atom stereocenters. The summed E-state index contributed by atoms with van der Waals surface area (Å²) in [6.45, 7) is 0. The van der Waals surface area contributed by atoms with Gasteiger partial charge in [0.05, 0.1) is 37.1 Å². The van der Waals surface area contributed by atoms with Crippen LogP contribution in [0, 0.1) is 11.3 Å². The van der Waals surface area contributed by atoms with Gasteiger partial charge >= 0.3 is 0 Å². The van der Waals surface area contributed by atoms with Gasteiger partial charge in [0, 0.05) is 22.6 Å². The summed E-state index contributed by atoms with van der Waals surface area (Å²) in [5.74, 6) is -0.132. The van der Waals surface area contributed by atoms with Gasteiger partial charge in [-0.15, -0.1) is 11.3 Å². The van der Waals surface area contributed by atoms with E-state index in [1.54, 1.807) is 23.1 Å². The number of ketones is 1. The van der Waals surface area contributed by atoms with E-state index in [-0.39, 0.29) is 11.6 Å². The van der Waals surface area contributed by atoms with Crippen LogP contribution in [0.4, 0.5) is 5.69 Å². The van der Waals surface area contributed by atoms with E-state index in [2.05, 4.69) is 22.0 Å². The fraction of sp³-hybridized carbons (Fsp3) is 0.200. The molecular formula is C20H14BrCl2N3OS. The molecule has 0 spiro atoms. The highest BCUT2D eigenvalue weighted by Gasteiger charge is 2.41. The predicted octanol–water partition coefficient (Wildman–Crippen LogP) is 6.12. The van der Waals surface area contributed by atoms with Gasteiger partial charge in [0.15, 0.2) is 5.78 Å². The first kappa shape index (κ1) is 19.5. The molecule has 28 heavy (non-hydrogen) atoms. The number of thiophene rings is 1. The Morgan fingerprint density at radius 3 is 2.71 bits per heavy atom. The van der Waals surface area contributed by atoms with Crippen LogP contribution in [0.5, 0.6) is 0 Å². The highest BCUT2D eigenvalue weighted by Crippen LogP contribution is 2.49. The first-order chi connectivity index (χ1) is 13.4. The van der Waals surface area contributed by atoms with Crippen molar-refractivity contribution in [2.45, 2.75) is 25.2 Å². The number of nitriles is 1. The number of benzene rings is 1. The number of rotatable bonds is 2. The molecule has 0 amide bonds. The number of carbonyl (C=O) groups excluding carboxylic acids is 1. The molecular weight excluding hydrogens is 481 g/mol. The fourth-order valence-electron chi connectivity index (χ4n) is 3.79. The molecule has 2 N–H and O–H groups in total. The zero-order valence-corrected chi connectivity index (χ0v) is 18.4. The molecule has 2 aromatic rings. The summed E-state index contributed by atoms with van der Waals surface area (Å²) in [5, 5.41) is 10.7. The van der Waals surface area contributed by atoms with Crippen molar-refractivity contribution in [3.05, 3.63) is 71.7 Å². The number of nitrogens with two attached hydrogens (primary N) is 1. The third-order valence-corrected chi connectivity index (χ3v) is 7.46. The average Bonchev–Trinajstić information content (AvgIpc) is 3.10. The Morgan fingerprint density at radius 2 is 2.04 bits per heavy atom. The van der Waals surface area contributed by atoms with E-state index in [0.29, 0.717) is 39.7 Å². The highest BCUT2D eigenvalue weighted by atomic mass is 79.9. The van der Waals surface area contributed by atoms with Crippen LogP contribution >= 0.6 is 50.5 Å². The summed E-state index contributed by atoms with van der Waals surface area (Å²) in [7, 11) is 0. The van der Waals surface area contributed by atoms with E-state index in [0.717, 1.165) is 20.8 Å². The predicted molar refractivity (Wildman–Crippen MR) is 116 cm³/mol. The maximum Gasteiger partial charge on any atom is 0.161 e. The molecule has 1 aliphatic heterocycles. The number of anilines is 1. The summed E-state index contributed by atoms with van der Waals surface area (Å²) in [5.41, 5.74) is 8.85. The van der Waals surface area contributed by atoms with E-state index in [4.69, 9.17) is 28.9 Å². The topological polar surface area (TPSA) is 70.1 Å². The Kier molecular flexibility index (Phi) is 5.28. The zero-order valence-electron chi connectivity index (χ0n) is 14.5. The zero-order chi connectivity index (χ0) is 20.0. The van der Waals surface area contributed by atoms with Gasteiger partial charge in [-0.3, -0.25) is 9.69 Å². The minimum Gasteiger partial charge on any atom is -0.384 e.